The van der Waals surface area contributed by atoms with E-state index in [9.17, 15) is 0 Å². The Hall–Kier alpha value is -8.20. The Morgan fingerprint density at radius 3 is 1.37 bits per heavy atom. The van der Waals surface area contributed by atoms with Gasteiger partial charge < -0.3 is 9.47 Å². The van der Waals surface area contributed by atoms with E-state index in [4.69, 9.17) is 0 Å². The van der Waals surface area contributed by atoms with Crippen LogP contribution in [0.2, 0.25) is 0 Å². The molecule has 0 bridgehead atoms. The Bertz CT molecular complexity index is 3300. The standard InChI is InChI=1S/C60H42N2/c1-6-18-43(19-7-1)45-30-32-48(33-31-45)53-37-35-51(41-56(53)46-22-10-3-11-23-46)61(59-39-34-49(44-20-8-2-9-21-44)40-57(59)47-24-12-4-13-25-47)52-36-38-55-54-28-16-17-29-58(54)62(60(55)42-52)50-26-14-5-15-27-50/h1-42H. The number of aromatic nitrogens is 1. The molecule has 0 spiro atoms. The van der Waals surface area contributed by atoms with Crippen molar-refractivity contribution in [3.05, 3.63) is 255 Å². The second-order valence-corrected chi connectivity index (χ2v) is 15.7. The molecule has 2 heteroatoms. The minimum Gasteiger partial charge on any atom is -0.310 e. The van der Waals surface area contributed by atoms with Crippen molar-refractivity contribution in [1.29, 1.82) is 0 Å². The van der Waals surface area contributed by atoms with Crippen LogP contribution in [0, 0.1) is 0 Å². The predicted octanol–water partition coefficient (Wildman–Crippen LogP) is 16.6. The van der Waals surface area contributed by atoms with Crippen LogP contribution in [0.4, 0.5) is 17.1 Å². The van der Waals surface area contributed by atoms with Gasteiger partial charge in [0.15, 0.2) is 0 Å². The topological polar surface area (TPSA) is 8.17 Å². The van der Waals surface area contributed by atoms with Crippen molar-refractivity contribution in [2.75, 3.05) is 4.90 Å². The number of anilines is 3. The molecule has 2 nitrogen and oxygen atoms in total. The van der Waals surface area contributed by atoms with E-state index in [0.717, 1.165) is 39.4 Å². The minimum absolute atomic E-state index is 1.07. The monoisotopic (exact) mass is 790 g/mol. The number of hydrogen-bond donors (Lipinski definition) is 0. The van der Waals surface area contributed by atoms with E-state index < -0.39 is 0 Å². The number of nitrogens with zero attached hydrogens (tertiary/aromatic N) is 2. The van der Waals surface area contributed by atoms with Crippen LogP contribution in [-0.2, 0) is 0 Å². The van der Waals surface area contributed by atoms with Crippen LogP contribution >= 0.6 is 0 Å². The first-order valence-corrected chi connectivity index (χ1v) is 21.3. The summed E-state index contributed by atoms with van der Waals surface area (Å²) in [4.78, 5) is 2.46. The first-order valence-electron chi connectivity index (χ1n) is 21.3. The highest BCUT2D eigenvalue weighted by atomic mass is 15.1. The zero-order chi connectivity index (χ0) is 41.2. The van der Waals surface area contributed by atoms with Gasteiger partial charge in [-0.25, -0.2) is 0 Å². The Morgan fingerprint density at radius 1 is 0.258 bits per heavy atom. The van der Waals surface area contributed by atoms with E-state index in [-0.39, 0.29) is 0 Å². The van der Waals surface area contributed by atoms with Crippen LogP contribution in [0.3, 0.4) is 0 Å². The van der Waals surface area contributed by atoms with E-state index >= 15 is 0 Å². The van der Waals surface area contributed by atoms with Crippen LogP contribution in [-0.4, -0.2) is 4.57 Å². The summed E-state index contributed by atoms with van der Waals surface area (Å²) in [5.74, 6) is 0. The van der Waals surface area contributed by atoms with Crippen molar-refractivity contribution in [3.63, 3.8) is 0 Å². The molecule has 62 heavy (non-hydrogen) atoms. The maximum atomic E-state index is 2.46. The van der Waals surface area contributed by atoms with Crippen molar-refractivity contribution >= 4 is 38.9 Å². The molecule has 0 aliphatic rings. The molecule has 0 saturated heterocycles. The van der Waals surface area contributed by atoms with Gasteiger partial charge in [-0.15, -0.1) is 0 Å². The zero-order valence-electron chi connectivity index (χ0n) is 34.1. The largest absolute Gasteiger partial charge is 0.310 e. The average Bonchev–Trinajstić information content (AvgIpc) is 3.69. The molecule has 11 aromatic rings. The minimum atomic E-state index is 1.07. The normalized spacial score (nSPS) is 11.2. The summed E-state index contributed by atoms with van der Waals surface area (Å²) in [5.41, 5.74) is 18.5. The highest BCUT2D eigenvalue weighted by Gasteiger charge is 2.22. The fraction of sp³-hybridized carbons (Fsp3) is 0. The molecule has 292 valence electrons. The van der Waals surface area contributed by atoms with Gasteiger partial charge in [0, 0.05) is 33.4 Å². The van der Waals surface area contributed by atoms with E-state index in [0.29, 0.717) is 0 Å². The summed E-state index contributed by atoms with van der Waals surface area (Å²) < 4.78 is 2.40. The van der Waals surface area contributed by atoms with Gasteiger partial charge in [0.25, 0.3) is 0 Å². The maximum Gasteiger partial charge on any atom is 0.0561 e. The van der Waals surface area contributed by atoms with Gasteiger partial charge in [-0.3, -0.25) is 0 Å². The van der Waals surface area contributed by atoms with E-state index in [1.54, 1.807) is 0 Å². The van der Waals surface area contributed by atoms with Crippen LogP contribution in [0.1, 0.15) is 0 Å². The van der Waals surface area contributed by atoms with Crippen LogP contribution in [0.15, 0.2) is 255 Å². The van der Waals surface area contributed by atoms with Crippen molar-refractivity contribution < 1.29 is 0 Å². The molecule has 1 heterocycles. The smallest absolute Gasteiger partial charge is 0.0561 e. The lowest BCUT2D eigenvalue weighted by Crippen LogP contribution is -2.12. The highest BCUT2D eigenvalue weighted by Crippen LogP contribution is 2.46. The molecule has 0 N–H and O–H groups in total. The first-order chi connectivity index (χ1) is 30.8. The SMILES string of the molecule is c1ccc(-c2ccc(-c3ccc(N(c4ccc5c6ccccc6n(-c6ccccc6)c5c4)c4ccc(-c5ccccc5)cc4-c4ccccc4)cc3-c3ccccc3)cc2)cc1. The van der Waals surface area contributed by atoms with E-state index in [1.807, 2.05) is 0 Å². The molecule has 0 fully saturated rings. The molecule has 10 aromatic carbocycles. The quantitative estimate of drug-likeness (QED) is 0.141. The van der Waals surface area contributed by atoms with Crippen LogP contribution < -0.4 is 4.90 Å². The van der Waals surface area contributed by atoms with Crippen molar-refractivity contribution in [3.8, 4) is 61.3 Å². The van der Waals surface area contributed by atoms with Crippen LogP contribution in [0.5, 0.6) is 0 Å². The number of hydrogen-bond acceptors (Lipinski definition) is 1. The lowest BCUT2D eigenvalue weighted by Gasteiger charge is -2.29. The summed E-state index contributed by atoms with van der Waals surface area (Å²) >= 11 is 0. The third-order valence-corrected chi connectivity index (χ3v) is 12.0. The number of benzene rings is 10. The third kappa shape index (κ3) is 6.84. The molecule has 0 aliphatic heterocycles. The highest BCUT2D eigenvalue weighted by molar-refractivity contribution is 6.10. The molecule has 11 rings (SSSR count). The van der Waals surface area contributed by atoms with Gasteiger partial charge >= 0.3 is 0 Å². The van der Waals surface area contributed by atoms with E-state index in [2.05, 4.69) is 264 Å². The zero-order valence-corrected chi connectivity index (χ0v) is 34.1. The fourth-order valence-corrected chi connectivity index (χ4v) is 9.02. The molecule has 0 amide bonds. The van der Waals surface area contributed by atoms with Gasteiger partial charge in [-0.1, -0.05) is 200 Å². The second-order valence-electron chi connectivity index (χ2n) is 15.7. The molecule has 0 aliphatic carbocycles. The first kappa shape index (κ1) is 36.8. The molecule has 1 aromatic heterocycles. The van der Waals surface area contributed by atoms with Crippen molar-refractivity contribution in [2.45, 2.75) is 0 Å². The van der Waals surface area contributed by atoms with Gasteiger partial charge in [-0.05, 0) is 105 Å². The predicted molar refractivity (Wildman–Crippen MR) is 263 cm³/mol. The lowest BCUT2D eigenvalue weighted by atomic mass is 9.92. The molecular weight excluding hydrogens is 749 g/mol. The Kier molecular flexibility index (Phi) is 9.57. The van der Waals surface area contributed by atoms with Gasteiger partial charge in [0.05, 0.1) is 16.7 Å². The Balaban J connectivity index is 1.16. The van der Waals surface area contributed by atoms with E-state index in [1.165, 1.54) is 60.8 Å². The number of rotatable bonds is 9. The second kappa shape index (κ2) is 16.1. The Labute approximate surface area is 362 Å². The number of para-hydroxylation sites is 2. The molecule has 0 atom stereocenters. The van der Waals surface area contributed by atoms with Gasteiger partial charge in [0.1, 0.15) is 0 Å². The third-order valence-electron chi connectivity index (χ3n) is 12.0. The Morgan fingerprint density at radius 2 is 0.710 bits per heavy atom. The summed E-state index contributed by atoms with van der Waals surface area (Å²) in [5, 5.41) is 2.45. The average molecular weight is 791 g/mol. The summed E-state index contributed by atoms with van der Waals surface area (Å²) in [6.45, 7) is 0. The molecular formula is C60H42N2. The van der Waals surface area contributed by atoms with Gasteiger partial charge in [0.2, 0.25) is 0 Å². The van der Waals surface area contributed by atoms with Crippen LogP contribution in [0.25, 0.3) is 83.1 Å². The summed E-state index contributed by atoms with van der Waals surface area (Å²) in [6, 6.07) is 92.2. The number of fused-ring (bicyclic) bond motifs is 3. The lowest BCUT2D eigenvalue weighted by molar-refractivity contribution is 1.18. The van der Waals surface area contributed by atoms with Crippen molar-refractivity contribution in [1.82, 2.24) is 4.57 Å². The molecule has 0 saturated carbocycles. The maximum absolute atomic E-state index is 2.46. The van der Waals surface area contributed by atoms with Gasteiger partial charge in [-0.2, -0.15) is 0 Å². The molecule has 0 radical (unpaired) electrons. The molecule has 0 unspecified atom stereocenters. The van der Waals surface area contributed by atoms with Crippen molar-refractivity contribution in [2.24, 2.45) is 0 Å². The summed E-state index contributed by atoms with van der Waals surface area (Å²) in [7, 11) is 0. The fourth-order valence-electron chi connectivity index (χ4n) is 9.02. The summed E-state index contributed by atoms with van der Waals surface area (Å²) in [6.07, 6.45) is 0.